The Labute approximate surface area is 126 Å². The van der Waals surface area contributed by atoms with Crippen LogP contribution in [0.15, 0.2) is 23.1 Å². The maximum Gasteiger partial charge on any atom is 0.251 e. The molecular weight excluding hydrogens is 288 g/mol. The third kappa shape index (κ3) is 4.28. The number of rotatable bonds is 6. The molecule has 1 unspecified atom stereocenters. The van der Waals surface area contributed by atoms with Crippen molar-refractivity contribution in [3.63, 3.8) is 0 Å². The first-order valence-electron chi connectivity index (χ1n) is 7.25. The number of nitrogens with one attached hydrogen (secondary N) is 1. The molecule has 116 valence electrons. The molecular formula is C15H22N2O3S. The minimum Gasteiger partial charge on any atom is -0.349 e. The summed E-state index contributed by atoms with van der Waals surface area (Å²) in [5.41, 5.74) is 1.11. The minimum absolute atomic E-state index is 0.0292. The molecule has 1 aromatic carbocycles. The average Bonchev–Trinajstić information content (AvgIpc) is 3.20. The monoisotopic (exact) mass is 310 g/mol. The van der Waals surface area contributed by atoms with Crippen LogP contribution in [-0.4, -0.2) is 20.4 Å². The Morgan fingerprint density at radius 2 is 2.10 bits per heavy atom. The van der Waals surface area contributed by atoms with Crippen LogP contribution in [0, 0.1) is 12.8 Å². The molecule has 0 aromatic heterocycles. The molecule has 0 heterocycles. The first-order chi connectivity index (χ1) is 9.81. The Balaban J connectivity index is 2.11. The smallest absolute Gasteiger partial charge is 0.251 e. The topological polar surface area (TPSA) is 89.3 Å². The summed E-state index contributed by atoms with van der Waals surface area (Å²) in [4.78, 5) is 12.3. The number of benzene rings is 1. The molecule has 0 radical (unpaired) electrons. The molecule has 1 aliphatic carbocycles. The summed E-state index contributed by atoms with van der Waals surface area (Å²) in [7, 11) is -3.73. The highest BCUT2D eigenvalue weighted by Gasteiger charge is 2.26. The maximum absolute atomic E-state index is 12.3. The van der Waals surface area contributed by atoms with Gasteiger partial charge in [-0.05, 0) is 49.4 Å². The van der Waals surface area contributed by atoms with Gasteiger partial charge in [-0.15, -0.1) is 0 Å². The van der Waals surface area contributed by atoms with Gasteiger partial charge in [0, 0.05) is 11.6 Å². The fourth-order valence-corrected chi connectivity index (χ4v) is 3.01. The first-order valence-corrected chi connectivity index (χ1v) is 8.80. The molecule has 1 amide bonds. The van der Waals surface area contributed by atoms with Gasteiger partial charge in [-0.3, -0.25) is 4.79 Å². The Bertz CT molecular complexity index is 636. The van der Waals surface area contributed by atoms with Crippen LogP contribution in [0.25, 0.3) is 0 Å². The van der Waals surface area contributed by atoms with Crippen molar-refractivity contribution >= 4 is 15.9 Å². The molecule has 0 spiro atoms. The van der Waals surface area contributed by atoms with E-state index in [1.165, 1.54) is 31.0 Å². The fraction of sp³-hybridized carbons (Fsp3) is 0.533. The van der Waals surface area contributed by atoms with E-state index in [9.17, 15) is 13.2 Å². The van der Waals surface area contributed by atoms with E-state index in [0.717, 1.165) is 18.8 Å². The van der Waals surface area contributed by atoms with Crippen LogP contribution in [0.4, 0.5) is 0 Å². The van der Waals surface area contributed by atoms with E-state index in [4.69, 9.17) is 5.14 Å². The number of carbonyl (C=O) groups excluding carboxylic acids is 1. The van der Waals surface area contributed by atoms with E-state index in [-0.39, 0.29) is 16.8 Å². The molecule has 1 aromatic rings. The average molecular weight is 310 g/mol. The van der Waals surface area contributed by atoms with Gasteiger partial charge in [-0.25, -0.2) is 13.6 Å². The largest absolute Gasteiger partial charge is 0.349 e. The highest BCUT2D eigenvalue weighted by molar-refractivity contribution is 7.89. The lowest BCUT2D eigenvalue weighted by atomic mass is 10.0. The Kier molecular flexibility index (Phi) is 4.68. The lowest BCUT2D eigenvalue weighted by molar-refractivity contribution is 0.0932. The number of primary sulfonamides is 1. The number of nitrogens with two attached hydrogens (primary N) is 1. The van der Waals surface area contributed by atoms with Crippen LogP contribution >= 0.6 is 0 Å². The number of hydrogen-bond donors (Lipinski definition) is 2. The molecule has 0 saturated heterocycles. The van der Waals surface area contributed by atoms with Crippen LogP contribution in [0.2, 0.25) is 0 Å². The van der Waals surface area contributed by atoms with E-state index in [0.29, 0.717) is 11.1 Å². The third-order valence-electron chi connectivity index (χ3n) is 3.91. The molecule has 3 N–H and O–H groups in total. The number of sulfonamides is 1. The SMILES string of the molecule is CCC(CC1CC1)NC(=O)c1ccc(S(N)(=O)=O)cc1C. The van der Waals surface area contributed by atoms with Gasteiger partial charge in [-0.2, -0.15) is 0 Å². The maximum atomic E-state index is 12.3. The van der Waals surface area contributed by atoms with Gasteiger partial charge in [0.2, 0.25) is 10.0 Å². The number of hydrogen-bond acceptors (Lipinski definition) is 3. The van der Waals surface area contributed by atoms with Crippen molar-refractivity contribution in [2.75, 3.05) is 0 Å². The molecule has 0 aliphatic heterocycles. The molecule has 2 rings (SSSR count). The third-order valence-corrected chi connectivity index (χ3v) is 4.82. The number of amides is 1. The summed E-state index contributed by atoms with van der Waals surface area (Å²) >= 11 is 0. The molecule has 21 heavy (non-hydrogen) atoms. The van der Waals surface area contributed by atoms with Crippen LogP contribution in [0.1, 0.15) is 48.5 Å². The zero-order chi connectivity index (χ0) is 15.6. The van der Waals surface area contributed by atoms with E-state index in [1.54, 1.807) is 6.92 Å². The van der Waals surface area contributed by atoms with E-state index >= 15 is 0 Å². The second-order valence-electron chi connectivity index (χ2n) is 5.78. The van der Waals surface area contributed by atoms with E-state index in [2.05, 4.69) is 12.2 Å². The number of aryl methyl sites for hydroxylation is 1. The Morgan fingerprint density at radius 3 is 2.57 bits per heavy atom. The molecule has 5 nitrogen and oxygen atoms in total. The van der Waals surface area contributed by atoms with Gasteiger partial charge in [0.05, 0.1) is 4.90 Å². The van der Waals surface area contributed by atoms with Gasteiger partial charge in [0.1, 0.15) is 0 Å². The Hall–Kier alpha value is -1.40. The summed E-state index contributed by atoms with van der Waals surface area (Å²) in [5, 5.41) is 8.12. The van der Waals surface area contributed by atoms with Gasteiger partial charge in [0.15, 0.2) is 0 Å². The van der Waals surface area contributed by atoms with Crippen molar-refractivity contribution in [1.29, 1.82) is 0 Å². The zero-order valence-electron chi connectivity index (χ0n) is 12.4. The van der Waals surface area contributed by atoms with Crippen molar-refractivity contribution < 1.29 is 13.2 Å². The van der Waals surface area contributed by atoms with Crippen LogP contribution in [0.3, 0.4) is 0 Å². The van der Waals surface area contributed by atoms with E-state index in [1.807, 2.05) is 0 Å². The van der Waals surface area contributed by atoms with Crippen molar-refractivity contribution in [3.8, 4) is 0 Å². The summed E-state index contributed by atoms with van der Waals surface area (Å²) < 4.78 is 22.6. The fourth-order valence-electron chi connectivity index (χ4n) is 2.41. The highest BCUT2D eigenvalue weighted by atomic mass is 32.2. The molecule has 1 saturated carbocycles. The van der Waals surface area contributed by atoms with Gasteiger partial charge in [-0.1, -0.05) is 19.8 Å². The number of carbonyl (C=O) groups is 1. The van der Waals surface area contributed by atoms with Crippen molar-refractivity contribution in [2.24, 2.45) is 11.1 Å². The standard InChI is InChI=1S/C15H22N2O3S/c1-3-12(9-11-4-5-11)17-15(18)14-7-6-13(8-10(14)2)21(16,19)20/h6-8,11-12H,3-5,9H2,1-2H3,(H,17,18)(H2,16,19,20). The zero-order valence-corrected chi connectivity index (χ0v) is 13.2. The first kappa shape index (κ1) is 16.0. The summed E-state index contributed by atoms with van der Waals surface area (Å²) in [6.45, 7) is 3.77. The minimum atomic E-state index is -3.73. The lowest BCUT2D eigenvalue weighted by Crippen LogP contribution is -2.35. The van der Waals surface area contributed by atoms with Crippen molar-refractivity contribution in [1.82, 2.24) is 5.32 Å². The van der Waals surface area contributed by atoms with Crippen LogP contribution in [-0.2, 0) is 10.0 Å². The molecule has 1 atom stereocenters. The normalized spacial score (nSPS) is 16.5. The molecule has 6 heteroatoms. The summed E-state index contributed by atoms with van der Waals surface area (Å²) in [6.07, 6.45) is 4.44. The molecule has 0 bridgehead atoms. The van der Waals surface area contributed by atoms with Crippen LogP contribution < -0.4 is 10.5 Å². The summed E-state index contributed by atoms with van der Waals surface area (Å²) in [6, 6.07) is 4.52. The van der Waals surface area contributed by atoms with Gasteiger partial charge in [0.25, 0.3) is 5.91 Å². The van der Waals surface area contributed by atoms with Crippen molar-refractivity contribution in [3.05, 3.63) is 29.3 Å². The predicted octanol–water partition coefficient (Wildman–Crippen LogP) is 1.95. The molecule has 1 fully saturated rings. The summed E-state index contributed by atoms with van der Waals surface area (Å²) in [5.74, 6) is 0.599. The quantitative estimate of drug-likeness (QED) is 0.841. The van der Waals surface area contributed by atoms with Gasteiger partial charge < -0.3 is 5.32 Å². The Morgan fingerprint density at radius 1 is 1.43 bits per heavy atom. The van der Waals surface area contributed by atoms with Gasteiger partial charge >= 0.3 is 0 Å². The highest BCUT2D eigenvalue weighted by Crippen LogP contribution is 2.34. The second kappa shape index (κ2) is 6.15. The lowest BCUT2D eigenvalue weighted by Gasteiger charge is -2.17. The van der Waals surface area contributed by atoms with Crippen LogP contribution in [0.5, 0.6) is 0 Å². The van der Waals surface area contributed by atoms with E-state index < -0.39 is 10.0 Å². The second-order valence-corrected chi connectivity index (χ2v) is 7.34. The predicted molar refractivity (Wildman–Crippen MR) is 81.4 cm³/mol. The molecule has 1 aliphatic rings. The van der Waals surface area contributed by atoms with Crippen molar-refractivity contribution in [2.45, 2.75) is 50.5 Å².